The van der Waals surface area contributed by atoms with Crippen molar-refractivity contribution in [2.75, 3.05) is 12.1 Å². The van der Waals surface area contributed by atoms with Crippen LogP contribution in [-0.2, 0) is 6.42 Å². The van der Waals surface area contributed by atoms with Crippen molar-refractivity contribution in [3.63, 3.8) is 0 Å². The zero-order valence-corrected chi connectivity index (χ0v) is 16.6. The van der Waals surface area contributed by atoms with Crippen molar-refractivity contribution < 1.29 is 18.7 Å². The highest BCUT2D eigenvalue weighted by Gasteiger charge is 2.55. The number of hydrogen-bond acceptors (Lipinski definition) is 4. The quantitative estimate of drug-likeness (QED) is 0.819. The lowest BCUT2D eigenvalue weighted by Crippen LogP contribution is -2.67. The molecule has 8 heteroatoms. The van der Waals surface area contributed by atoms with Gasteiger partial charge in [-0.25, -0.2) is 8.78 Å². The second kappa shape index (κ2) is 6.55. The molecule has 1 N–H and O–H groups in total. The smallest absolute Gasteiger partial charge is 0.277 e. The molecule has 1 aliphatic carbocycles. The minimum Gasteiger partial charge on any atom is -0.502 e. The van der Waals surface area contributed by atoms with Gasteiger partial charge in [0.1, 0.15) is 6.17 Å². The van der Waals surface area contributed by atoms with E-state index in [0.717, 1.165) is 17.5 Å². The van der Waals surface area contributed by atoms with Crippen LogP contribution in [0, 0.1) is 5.41 Å². The lowest BCUT2D eigenvalue weighted by molar-refractivity contribution is -0.0151. The SMILES string of the molecule is CN1C(=O)c2c(O)c(=O)ccn2N2[C@H]1CC[C@@]1(CC(F)F)CCc3ccccc3[C@@H]21. The lowest BCUT2D eigenvalue weighted by atomic mass is 9.61. The van der Waals surface area contributed by atoms with E-state index in [2.05, 4.69) is 0 Å². The summed E-state index contributed by atoms with van der Waals surface area (Å²) < 4.78 is 29.1. The van der Waals surface area contributed by atoms with Crippen LogP contribution in [0.1, 0.15) is 53.3 Å². The number of hydrogen-bond donors (Lipinski definition) is 1. The maximum Gasteiger partial charge on any atom is 0.277 e. The van der Waals surface area contributed by atoms with E-state index in [1.54, 1.807) is 7.05 Å². The van der Waals surface area contributed by atoms with E-state index in [1.165, 1.54) is 21.8 Å². The van der Waals surface area contributed by atoms with Crippen LogP contribution in [0.2, 0.25) is 0 Å². The molecule has 1 saturated heterocycles. The third-order valence-electron chi connectivity index (χ3n) is 7.13. The number of nitrogens with zero attached hydrogens (tertiary/aromatic N) is 3. The molecule has 1 aromatic heterocycles. The summed E-state index contributed by atoms with van der Waals surface area (Å²) in [5.41, 5.74) is 0.676. The Bertz CT molecular complexity index is 1090. The Labute approximate surface area is 172 Å². The Morgan fingerprint density at radius 2 is 1.97 bits per heavy atom. The van der Waals surface area contributed by atoms with Crippen LogP contribution >= 0.6 is 0 Å². The van der Waals surface area contributed by atoms with Gasteiger partial charge in [-0.2, -0.15) is 0 Å². The number of halogens is 2. The molecule has 30 heavy (non-hydrogen) atoms. The standard InChI is InChI=1S/C22H23F2N3O3/c1-25-17-7-10-22(12-16(23)24)9-6-13-4-2-3-5-14(13)20(22)27(17)26-11-8-15(28)19(29)18(26)21(25)30/h2-5,8,11,16-17,20,29H,6-7,9-10,12H2,1H3/t17-,20+,22+/m0/s1. The first-order valence-corrected chi connectivity index (χ1v) is 10.2. The van der Waals surface area contributed by atoms with Crippen LogP contribution in [0.15, 0.2) is 41.3 Å². The molecule has 158 valence electrons. The minimum absolute atomic E-state index is 0.114. The fourth-order valence-electron chi connectivity index (χ4n) is 5.76. The summed E-state index contributed by atoms with van der Waals surface area (Å²) in [6, 6.07) is 8.66. The molecule has 2 aromatic rings. The first kappa shape index (κ1) is 19.1. The van der Waals surface area contributed by atoms with Gasteiger partial charge in [-0.05, 0) is 36.8 Å². The highest BCUT2D eigenvalue weighted by atomic mass is 19.3. The van der Waals surface area contributed by atoms with Gasteiger partial charge in [-0.3, -0.25) is 19.3 Å². The van der Waals surface area contributed by atoms with Crippen LogP contribution < -0.4 is 10.4 Å². The van der Waals surface area contributed by atoms with Gasteiger partial charge in [0, 0.05) is 31.1 Å². The average Bonchev–Trinajstić information content (AvgIpc) is 2.72. The molecule has 0 radical (unpaired) electrons. The second-order valence-electron chi connectivity index (χ2n) is 8.60. The molecule has 3 atom stereocenters. The Kier molecular flexibility index (Phi) is 4.17. The van der Waals surface area contributed by atoms with Crippen molar-refractivity contribution in [3.05, 3.63) is 63.6 Å². The molecule has 1 amide bonds. The predicted octanol–water partition coefficient (Wildman–Crippen LogP) is 3.03. The number of rotatable bonds is 2. The fraction of sp³-hybridized carbons (Fsp3) is 0.455. The molecule has 6 nitrogen and oxygen atoms in total. The van der Waals surface area contributed by atoms with Gasteiger partial charge in [-0.15, -0.1) is 0 Å². The van der Waals surface area contributed by atoms with Gasteiger partial charge in [0.2, 0.25) is 11.9 Å². The van der Waals surface area contributed by atoms with Crippen molar-refractivity contribution in [2.45, 2.75) is 50.7 Å². The number of pyridine rings is 1. The number of amides is 1. The Balaban J connectivity index is 1.77. The predicted molar refractivity (Wildman–Crippen MR) is 106 cm³/mol. The highest BCUT2D eigenvalue weighted by Crippen LogP contribution is 2.57. The van der Waals surface area contributed by atoms with E-state index in [9.17, 15) is 23.5 Å². The number of aromatic nitrogens is 1. The number of carbonyl (C=O) groups excluding carboxylic acids is 1. The highest BCUT2D eigenvalue weighted by molar-refractivity contribution is 5.96. The molecule has 0 bridgehead atoms. The Hall–Kier alpha value is -2.90. The van der Waals surface area contributed by atoms with Crippen molar-refractivity contribution in [1.29, 1.82) is 0 Å². The maximum atomic E-state index is 13.8. The molecule has 2 aliphatic heterocycles. The van der Waals surface area contributed by atoms with Crippen LogP contribution in [0.5, 0.6) is 5.75 Å². The summed E-state index contributed by atoms with van der Waals surface area (Å²) in [4.78, 5) is 26.5. The number of carbonyl (C=O) groups is 1. The zero-order chi connectivity index (χ0) is 21.2. The molecule has 0 unspecified atom stereocenters. The van der Waals surface area contributed by atoms with Crippen LogP contribution in [0.25, 0.3) is 0 Å². The topological polar surface area (TPSA) is 65.8 Å². The van der Waals surface area contributed by atoms with E-state index < -0.39 is 35.0 Å². The van der Waals surface area contributed by atoms with Crippen LogP contribution in [0.3, 0.4) is 0 Å². The summed E-state index contributed by atoms with van der Waals surface area (Å²) in [6.45, 7) is 0. The molecular formula is C22H23F2N3O3. The second-order valence-corrected chi connectivity index (χ2v) is 8.60. The van der Waals surface area contributed by atoms with E-state index in [4.69, 9.17) is 0 Å². The molecular weight excluding hydrogens is 392 g/mol. The van der Waals surface area contributed by atoms with Gasteiger partial charge in [0.05, 0.1) is 6.04 Å². The molecule has 1 aromatic carbocycles. The summed E-state index contributed by atoms with van der Waals surface area (Å²) >= 11 is 0. The Morgan fingerprint density at radius 3 is 2.73 bits per heavy atom. The summed E-state index contributed by atoms with van der Waals surface area (Å²) in [5, 5.41) is 12.3. The van der Waals surface area contributed by atoms with Crippen molar-refractivity contribution in [1.82, 2.24) is 9.58 Å². The van der Waals surface area contributed by atoms with Gasteiger partial charge in [0.25, 0.3) is 5.91 Å². The zero-order valence-electron chi connectivity index (χ0n) is 16.6. The van der Waals surface area contributed by atoms with Gasteiger partial charge in [-0.1, -0.05) is 24.3 Å². The largest absolute Gasteiger partial charge is 0.502 e. The monoisotopic (exact) mass is 415 g/mol. The summed E-state index contributed by atoms with van der Waals surface area (Å²) in [5.74, 6) is -1.06. The van der Waals surface area contributed by atoms with Crippen LogP contribution in [0.4, 0.5) is 8.78 Å². The van der Waals surface area contributed by atoms with Crippen LogP contribution in [-0.4, -0.2) is 40.2 Å². The normalized spacial score (nSPS) is 27.4. The van der Waals surface area contributed by atoms with Gasteiger partial charge < -0.3 is 10.0 Å². The number of alkyl halides is 2. The molecule has 1 fully saturated rings. The average molecular weight is 415 g/mol. The van der Waals surface area contributed by atoms with E-state index in [0.29, 0.717) is 19.3 Å². The maximum absolute atomic E-state index is 13.8. The van der Waals surface area contributed by atoms with E-state index >= 15 is 0 Å². The van der Waals surface area contributed by atoms with E-state index in [-0.39, 0.29) is 18.3 Å². The van der Waals surface area contributed by atoms with E-state index in [1.807, 2.05) is 29.3 Å². The summed E-state index contributed by atoms with van der Waals surface area (Å²) in [7, 11) is 1.63. The number of benzene rings is 1. The fourth-order valence-corrected chi connectivity index (χ4v) is 5.76. The molecule has 0 saturated carbocycles. The Morgan fingerprint density at radius 1 is 1.20 bits per heavy atom. The molecule has 5 rings (SSSR count). The van der Waals surface area contributed by atoms with Crippen molar-refractivity contribution in [2.24, 2.45) is 5.41 Å². The molecule has 3 heterocycles. The number of aromatic hydroxyl groups is 1. The first-order valence-electron chi connectivity index (χ1n) is 10.2. The summed E-state index contributed by atoms with van der Waals surface area (Å²) in [6.07, 6.45) is 0.931. The van der Waals surface area contributed by atoms with Gasteiger partial charge in [0.15, 0.2) is 11.4 Å². The lowest BCUT2D eigenvalue weighted by Gasteiger charge is -2.60. The molecule has 0 spiro atoms. The number of aryl methyl sites for hydroxylation is 1. The van der Waals surface area contributed by atoms with Gasteiger partial charge >= 0.3 is 0 Å². The third kappa shape index (κ3) is 2.52. The number of piperidine rings is 1. The minimum atomic E-state index is -2.44. The third-order valence-corrected chi connectivity index (χ3v) is 7.13. The first-order chi connectivity index (χ1) is 14.3. The molecule has 3 aliphatic rings. The van der Waals surface area contributed by atoms with Crippen molar-refractivity contribution in [3.8, 4) is 5.75 Å². The van der Waals surface area contributed by atoms with Crippen molar-refractivity contribution >= 4 is 5.91 Å². The number of fused-ring (bicyclic) bond motifs is 7.